The van der Waals surface area contributed by atoms with E-state index in [1.807, 2.05) is 0 Å². The molecule has 0 aromatic carbocycles. The molecule has 1 N–H and O–H groups in total. The Morgan fingerprint density at radius 2 is 0.744 bits per heavy atom. The van der Waals surface area contributed by atoms with Crippen molar-refractivity contribution in [1.29, 1.82) is 0 Å². The van der Waals surface area contributed by atoms with Crippen molar-refractivity contribution < 1.29 is 29.1 Å². The van der Waals surface area contributed by atoms with E-state index in [0.717, 1.165) is 32.1 Å². The highest BCUT2D eigenvalue weighted by atomic mass is 16.6. The predicted molar refractivity (Wildman–Crippen MR) is 158 cm³/mol. The fourth-order valence-electron chi connectivity index (χ4n) is 4.61. The van der Waals surface area contributed by atoms with Crippen molar-refractivity contribution in [3.05, 3.63) is 0 Å². The smallest absolute Gasteiger partial charge is 0.313 e. The lowest BCUT2D eigenvalue weighted by atomic mass is 10.1. The van der Waals surface area contributed by atoms with Gasteiger partial charge in [-0.15, -0.1) is 0 Å². The molecule has 0 aliphatic heterocycles. The van der Waals surface area contributed by atoms with E-state index >= 15 is 0 Å². The number of hydrogen-bond acceptors (Lipinski definition) is 7. The second-order valence-corrected chi connectivity index (χ2v) is 10.9. The third-order valence-electron chi connectivity index (χ3n) is 7.08. The average molecular weight is 554 g/mol. The normalized spacial score (nSPS) is 11.5. The molecule has 0 spiro atoms. The zero-order valence-corrected chi connectivity index (χ0v) is 25.3. The third kappa shape index (κ3) is 27.4. The van der Waals surface area contributed by atoms with Crippen LogP contribution in [0.1, 0.15) is 181 Å². The molecular weight excluding hydrogens is 494 g/mol. The second kappa shape index (κ2) is 29.1. The van der Waals surface area contributed by atoms with Crippen LogP contribution in [-0.2, 0) is 23.9 Å². The van der Waals surface area contributed by atoms with E-state index < -0.39 is 17.9 Å². The first-order valence-corrected chi connectivity index (χ1v) is 16.2. The Hall–Kier alpha value is -1.92. The first kappa shape index (κ1) is 37.1. The fourth-order valence-corrected chi connectivity index (χ4v) is 4.61. The zero-order valence-electron chi connectivity index (χ0n) is 25.3. The van der Waals surface area contributed by atoms with Crippen LogP contribution in [0, 0.1) is 0 Å². The van der Waals surface area contributed by atoms with E-state index in [0.29, 0.717) is 6.42 Å². The number of hydrogen-bond donors (Lipinski definition) is 1. The first-order valence-electron chi connectivity index (χ1n) is 16.2. The highest BCUT2D eigenvalue weighted by Crippen LogP contribution is 2.14. The van der Waals surface area contributed by atoms with Crippen LogP contribution in [0.5, 0.6) is 0 Å². The standard InChI is InChI=1S/C32H59NO6/c1-3-5-7-9-11-13-15-17-19-21-23-25-30(34)38-29(33-37)27-28-32(36)39-31(35)26-24-22-20-18-16-14-12-10-8-6-4-2/h37H,3-28H2,1-2H3/b33-29-. The van der Waals surface area contributed by atoms with E-state index in [2.05, 4.69) is 19.0 Å². The molecule has 0 bridgehead atoms. The van der Waals surface area contributed by atoms with E-state index in [-0.39, 0.29) is 31.6 Å². The van der Waals surface area contributed by atoms with E-state index in [1.165, 1.54) is 103 Å². The summed E-state index contributed by atoms with van der Waals surface area (Å²) in [5.41, 5.74) is 0. The van der Waals surface area contributed by atoms with Crippen LogP contribution in [0.4, 0.5) is 0 Å². The molecule has 7 heteroatoms. The number of carbonyl (C=O) groups is 3. The zero-order chi connectivity index (χ0) is 28.8. The highest BCUT2D eigenvalue weighted by molar-refractivity contribution is 5.91. The molecule has 0 amide bonds. The number of unbranched alkanes of at least 4 members (excludes halogenated alkanes) is 20. The molecule has 0 unspecified atom stereocenters. The monoisotopic (exact) mass is 553 g/mol. The molecule has 0 aromatic heterocycles. The summed E-state index contributed by atoms with van der Waals surface area (Å²) in [5, 5.41) is 12.1. The number of oxime groups is 1. The van der Waals surface area contributed by atoms with Crippen molar-refractivity contribution >= 4 is 23.8 Å². The van der Waals surface area contributed by atoms with Crippen LogP contribution in [0.3, 0.4) is 0 Å². The summed E-state index contributed by atoms with van der Waals surface area (Å²) >= 11 is 0. The number of rotatable bonds is 27. The van der Waals surface area contributed by atoms with Crippen molar-refractivity contribution in [3.8, 4) is 0 Å². The largest absolute Gasteiger partial charge is 0.408 e. The first-order chi connectivity index (χ1) is 19.0. The molecule has 0 aromatic rings. The summed E-state index contributed by atoms with van der Waals surface area (Å²) in [6, 6.07) is 0. The molecule has 0 aliphatic rings. The maximum atomic E-state index is 12.0. The Balaban J connectivity index is 3.70. The second-order valence-electron chi connectivity index (χ2n) is 10.9. The molecule has 0 rings (SSSR count). The minimum atomic E-state index is -0.703. The molecule has 0 aliphatic carbocycles. The summed E-state index contributed by atoms with van der Waals surface area (Å²) in [7, 11) is 0. The van der Waals surface area contributed by atoms with Crippen molar-refractivity contribution in [3.63, 3.8) is 0 Å². The Morgan fingerprint density at radius 3 is 1.10 bits per heavy atom. The van der Waals surface area contributed by atoms with Gasteiger partial charge in [-0.2, -0.15) is 0 Å². The van der Waals surface area contributed by atoms with Crippen LogP contribution >= 0.6 is 0 Å². The Labute approximate surface area is 238 Å². The van der Waals surface area contributed by atoms with Crippen molar-refractivity contribution in [2.45, 2.75) is 181 Å². The Morgan fingerprint density at radius 1 is 0.436 bits per heavy atom. The summed E-state index contributed by atoms with van der Waals surface area (Å²) in [6.45, 7) is 4.46. The van der Waals surface area contributed by atoms with Gasteiger partial charge in [-0.05, 0) is 12.8 Å². The molecular formula is C32H59NO6. The molecule has 0 fully saturated rings. The molecule has 39 heavy (non-hydrogen) atoms. The molecule has 228 valence electrons. The van der Waals surface area contributed by atoms with Crippen LogP contribution in [-0.4, -0.2) is 29.0 Å². The van der Waals surface area contributed by atoms with Crippen LogP contribution in [0.25, 0.3) is 0 Å². The molecule has 7 nitrogen and oxygen atoms in total. The summed E-state index contributed by atoms with van der Waals surface area (Å²) < 4.78 is 9.89. The van der Waals surface area contributed by atoms with Gasteiger partial charge in [-0.3, -0.25) is 14.4 Å². The van der Waals surface area contributed by atoms with Gasteiger partial charge in [0, 0.05) is 19.3 Å². The summed E-state index contributed by atoms with van der Waals surface area (Å²) in [6.07, 6.45) is 26.4. The topological polar surface area (TPSA) is 102 Å². The SMILES string of the molecule is CCCCCCCCCCCCCC(=O)OC(=O)CC/C(=N/O)OC(=O)CCCCCCCCCCCCC. The summed E-state index contributed by atoms with van der Waals surface area (Å²) in [4.78, 5) is 35.8. The number of carbonyl (C=O) groups excluding carboxylic acids is 3. The lowest BCUT2D eigenvalue weighted by Crippen LogP contribution is -2.17. The van der Waals surface area contributed by atoms with Gasteiger partial charge in [0.1, 0.15) is 0 Å². The summed E-state index contributed by atoms with van der Waals surface area (Å²) in [5.74, 6) is -1.94. The van der Waals surface area contributed by atoms with Gasteiger partial charge >= 0.3 is 17.9 Å². The lowest BCUT2D eigenvalue weighted by molar-refractivity contribution is -0.159. The molecule has 0 saturated heterocycles. The van der Waals surface area contributed by atoms with Crippen molar-refractivity contribution in [2.24, 2.45) is 5.16 Å². The van der Waals surface area contributed by atoms with Gasteiger partial charge in [-0.1, -0.05) is 147 Å². The third-order valence-corrected chi connectivity index (χ3v) is 7.08. The number of nitrogens with zero attached hydrogens (tertiary/aromatic N) is 1. The minimum Gasteiger partial charge on any atom is -0.408 e. The fraction of sp³-hybridized carbons (Fsp3) is 0.875. The van der Waals surface area contributed by atoms with E-state index in [9.17, 15) is 14.4 Å². The van der Waals surface area contributed by atoms with Crippen molar-refractivity contribution in [1.82, 2.24) is 0 Å². The van der Waals surface area contributed by atoms with Crippen LogP contribution < -0.4 is 0 Å². The maximum Gasteiger partial charge on any atom is 0.313 e. The van der Waals surface area contributed by atoms with Gasteiger partial charge < -0.3 is 14.7 Å². The van der Waals surface area contributed by atoms with Gasteiger partial charge in [0.25, 0.3) is 0 Å². The highest BCUT2D eigenvalue weighted by Gasteiger charge is 2.15. The molecule has 0 heterocycles. The molecule has 0 saturated carbocycles. The molecule has 0 radical (unpaired) electrons. The number of ether oxygens (including phenoxy) is 2. The molecule has 0 atom stereocenters. The van der Waals surface area contributed by atoms with Crippen molar-refractivity contribution in [2.75, 3.05) is 0 Å². The van der Waals surface area contributed by atoms with Gasteiger partial charge in [0.2, 0.25) is 5.90 Å². The predicted octanol–water partition coefficient (Wildman–Crippen LogP) is 9.57. The quantitative estimate of drug-likeness (QED) is 0.0207. The van der Waals surface area contributed by atoms with Gasteiger partial charge in [-0.25, -0.2) is 0 Å². The maximum absolute atomic E-state index is 12.0. The van der Waals surface area contributed by atoms with Gasteiger partial charge in [0.05, 0.1) is 6.42 Å². The Kier molecular flexibility index (Phi) is 27.6. The van der Waals surface area contributed by atoms with Crippen LogP contribution in [0.15, 0.2) is 5.16 Å². The van der Waals surface area contributed by atoms with E-state index in [4.69, 9.17) is 14.7 Å². The van der Waals surface area contributed by atoms with Gasteiger partial charge in [0.15, 0.2) is 0 Å². The number of esters is 3. The minimum absolute atomic E-state index is 0.0922. The van der Waals surface area contributed by atoms with Crippen LogP contribution in [0.2, 0.25) is 0 Å². The van der Waals surface area contributed by atoms with E-state index in [1.54, 1.807) is 0 Å². The lowest BCUT2D eigenvalue weighted by Gasteiger charge is -2.07. The Bertz CT molecular complexity index is 634. The average Bonchev–Trinajstić information content (AvgIpc) is 2.92.